The molecule has 19 heavy (non-hydrogen) atoms. The maximum atomic E-state index is 11.1. The molecule has 5 nitrogen and oxygen atoms in total. The highest BCUT2D eigenvalue weighted by atomic mass is 16.5. The van der Waals surface area contributed by atoms with Gasteiger partial charge in [-0.05, 0) is 31.9 Å². The summed E-state index contributed by atoms with van der Waals surface area (Å²) in [5.41, 5.74) is 0.452. The number of unbranched alkanes of at least 4 members (excludes halogenated alkanes) is 1. The number of carbonyl (C=O) groups excluding carboxylic acids is 1. The van der Waals surface area contributed by atoms with Crippen LogP contribution in [-0.2, 0) is 14.3 Å². The minimum Gasteiger partial charge on any atom is -0.478 e. The Morgan fingerprint density at radius 2 is 2.26 bits per heavy atom. The van der Waals surface area contributed by atoms with Crippen LogP contribution in [0.5, 0.6) is 0 Å². The summed E-state index contributed by atoms with van der Waals surface area (Å²) >= 11 is 0. The van der Waals surface area contributed by atoms with Crippen molar-refractivity contribution in [2.24, 2.45) is 0 Å². The van der Waals surface area contributed by atoms with E-state index in [2.05, 4.69) is 6.58 Å². The average molecular weight is 264 g/mol. The standard InChI is InChI=1S/C14H16O5/c1-10(2)14(17)19-8-4-3-6-11(13(15)16)12-7-5-9-18-12/h5-7,9H,1,3-4,8H2,2H3,(H,15,16). The van der Waals surface area contributed by atoms with Gasteiger partial charge in [-0.25, -0.2) is 9.59 Å². The smallest absolute Gasteiger partial charge is 0.339 e. The summed E-state index contributed by atoms with van der Waals surface area (Å²) < 4.78 is 9.94. The number of hydrogen-bond donors (Lipinski definition) is 1. The van der Waals surface area contributed by atoms with Gasteiger partial charge in [0.15, 0.2) is 0 Å². The largest absolute Gasteiger partial charge is 0.478 e. The van der Waals surface area contributed by atoms with Crippen LogP contribution in [0, 0.1) is 0 Å². The molecule has 1 heterocycles. The summed E-state index contributed by atoms with van der Waals surface area (Å²) in [4.78, 5) is 22.1. The summed E-state index contributed by atoms with van der Waals surface area (Å²) in [6, 6.07) is 3.21. The first-order chi connectivity index (χ1) is 9.02. The zero-order chi connectivity index (χ0) is 14.3. The fourth-order valence-electron chi connectivity index (χ4n) is 1.34. The Labute approximate surface area is 111 Å². The molecule has 0 aliphatic rings. The molecule has 0 unspecified atom stereocenters. The van der Waals surface area contributed by atoms with Crippen LogP contribution in [0.4, 0.5) is 0 Å². The van der Waals surface area contributed by atoms with Gasteiger partial charge in [0.25, 0.3) is 0 Å². The van der Waals surface area contributed by atoms with Crippen LogP contribution in [0.15, 0.2) is 41.0 Å². The molecule has 1 aromatic heterocycles. The molecule has 0 spiro atoms. The van der Waals surface area contributed by atoms with Crippen molar-refractivity contribution in [3.05, 3.63) is 42.4 Å². The molecule has 0 bridgehead atoms. The number of furan rings is 1. The zero-order valence-corrected chi connectivity index (χ0v) is 10.7. The quantitative estimate of drug-likeness (QED) is 0.465. The van der Waals surface area contributed by atoms with Gasteiger partial charge in [-0.2, -0.15) is 0 Å². The molecule has 0 amide bonds. The van der Waals surface area contributed by atoms with Crippen molar-refractivity contribution < 1.29 is 23.8 Å². The number of esters is 1. The first-order valence-electron chi connectivity index (χ1n) is 5.82. The minimum atomic E-state index is -1.05. The summed E-state index contributed by atoms with van der Waals surface area (Å²) in [5, 5.41) is 9.04. The van der Waals surface area contributed by atoms with Crippen LogP contribution in [0.2, 0.25) is 0 Å². The van der Waals surface area contributed by atoms with Gasteiger partial charge in [0.2, 0.25) is 0 Å². The summed E-state index contributed by atoms with van der Waals surface area (Å²) in [5.74, 6) is -1.17. The van der Waals surface area contributed by atoms with Gasteiger partial charge in [0.05, 0.1) is 18.4 Å². The molecule has 5 heteroatoms. The van der Waals surface area contributed by atoms with Crippen molar-refractivity contribution in [2.45, 2.75) is 19.8 Å². The Morgan fingerprint density at radius 3 is 2.79 bits per heavy atom. The molecule has 1 rings (SSSR count). The third-order valence-electron chi connectivity index (χ3n) is 2.30. The molecule has 0 fully saturated rings. The molecule has 0 saturated carbocycles. The lowest BCUT2D eigenvalue weighted by molar-refractivity contribution is -0.139. The maximum absolute atomic E-state index is 11.1. The van der Waals surface area contributed by atoms with Crippen LogP contribution < -0.4 is 0 Å². The highest BCUT2D eigenvalue weighted by Gasteiger charge is 2.12. The molecule has 1 aromatic rings. The Kier molecular flexibility index (Phi) is 5.60. The van der Waals surface area contributed by atoms with Gasteiger partial charge >= 0.3 is 11.9 Å². The van der Waals surface area contributed by atoms with E-state index in [1.165, 1.54) is 6.26 Å². The Bertz CT molecular complexity index is 482. The maximum Gasteiger partial charge on any atom is 0.339 e. The lowest BCUT2D eigenvalue weighted by atomic mass is 10.1. The topological polar surface area (TPSA) is 76.7 Å². The molecule has 0 radical (unpaired) electrons. The Hall–Kier alpha value is -2.30. The van der Waals surface area contributed by atoms with Crippen molar-refractivity contribution in [2.75, 3.05) is 6.61 Å². The van der Waals surface area contributed by atoms with Crippen LogP contribution in [0.25, 0.3) is 5.57 Å². The molecular weight excluding hydrogens is 248 g/mol. The molecule has 0 aromatic carbocycles. The minimum absolute atomic E-state index is 0.108. The molecule has 102 valence electrons. The zero-order valence-electron chi connectivity index (χ0n) is 10.7. The van der Waals surface area contributed by atoms with Gasteiger partial charge in [-0.15, -0.1) is 0 Å². The Morgan fingerprint density at radius 1 is 1.53 bits per heavy atom. The van der Waals surface area contributed by atoms with Gasteiger partial charge in [-0.3, -0.25) is 0 Å². The van der Waals surface area contributed by atoms with E-state index in [1.807, 2.05) is 0 Å². The van der Waals surface area contributed by atoms with E-state index in [-0.39, 0.29) is 12.2 Å². The predicted molar refractivity (Wildman–Crippen MR) is 69.3 cm³/mol. The second-order valence-electron chi connectivity index (χ2n) is 3.96. The molecule has 0 aliphatic carbocycles. The summed E-state index contributed by atoms with van der Waals surface area (Å²) in [7, 11) is 0. The number of aliphatic carboxylic acids is 1. The van der Waals surface area contributed by atoms with Crippen molar-refractivity contribution in [1.82, 2.24) is 0 Å². The molecule has 1 N–H and O–H groups in total. The van der Waals surface area contributed by atoms with Crippen molar-refractivity contribution >= 4 is 17.5 Å². The molecular formula is C14H16O5. The van der Waals surface area contributed by atoms with E-state index >= 15 is 0 Å². The van der Waals surface area contributed by atoms with Crippen LogP contribution >= 0.6 is 0 Å². The molecule has 0 aliphatic heterocycles. The van der Waals surface area contributed by atoms with E-state index in [4.69, 9.17) is 14.3 Å². The fraction of sp³-hybridized carbons (Fsp3) is 0.286. The lowest BCUT2D eigenvalue weighted by Gasteiger charge is -2.03. The first-order valence-corrected chi connectivity index (χ1v) is 5.82. The van der Waals surface area contributed by atoms with E-state index in [0.29, 0.717) is 24.2 Å². The highest BCUT2D eigenvalue weighted by molar-refractivity contribution is 6.14. The first kappa shape index (κ1) is 14.8. The second-order valence-corrected chi connectivity index (χ2v) is 3.96. The Balaban J connectivity index is 2.44. The van der Waals surface area contributed by atoms with Crippen LogP contribution in [0.1, 0.15) is 25.5 Å². The number of allylic oxidation sites excluding steroid dienone is 1. The molecule has 0 saturated heterocycles. The number of carbonyl (C=O) groups is 2. The number of hydrogen-bond acceptors (Lipinski definition) is 4. The monoisotopic (exact) mass is 264 g/mol. The highest BCUT2D eigenvalue weighted by Crippen LogP contribution is 2.16. The average Bonchev–Trinajstić information content (AvgIpc) is 2.86. The normalized spacial score (nSPS) is 11.1. The van der Waals surface area contributed by atoms with Crippen LogP contribution in [0.3, 0.4) is 0 Å². The van der Waals surface area contributed by atoms with E-state index in [1.54, 1.807) is 25.1 Å². The number of ether oxygens (including phenoxy) is 1. The van der Waals surface area contributed by atoms with Gasteiger partial charge < -0.3 is 14.3 Å². The van der Waals surface area contributed by atoms with E-state index in [9.17, 15) is 9.59 Å². The predicted octanol–water partition coefficient (Wildman–Crippen LogP) is 2.65. The third-order valence-corrected chi connectivity index (χ3v) is 2.30. The van der Waals surface area contributed by atoms with Crippen LogP contribution in [-0.4, -0.2) is 23.7 Å². The van der Waals surface area contributed by atoms with Gasteiger partial charge in [0.1, 0.15) is 5.76 Å². The number of rotatable bonds is 7. The van der Waals surface area contributed by atoms with Gasteiger partial charge in [0, 0.05) is 5.57 Å². The fourth-order valence-corrected chi connectivity index (χ4v) is 1.34. The third kappa shape index (κ3) is 4.83. The number of carboxylic acid groups (broad SMARTS) is 1. The summed E-state index contributed by atoms with van der Waals surface area (Å²) in [6.45, 7) is 5.26. The van der Waals surface area contributed by atoms with Gasteiger partial charge in [-0.1, -0.05) is 12.7 Å². The van der Waals surface area contributed by atoms with Crippen molar-refractivity contribution in [3.63, 3.8) is 0 Å². The SMILES string of the molecule is C=C(C)C(=O)OCCCC=C(C(=O)O)c1ccco1. The second kappa shape index (κ2) is 7.20. The lowest BCUT2D eigenvalue weighted by Crippen LogP contribution is -2.06. The van der Waals surface area contributed by atoms with E-state index < -0.39 is 11.9 Å². The van der Waals surface area contributed by atoms with Crippen molar-refractivity contribution in [3.8, 4) is 0 Å². The molecule has 0 atom stereocenters. The van der Waals surface area contributed by atoms with Crippen molar-refractivity contribution in [1.29, 1.82) is 0 Å². The van der Waals surface area contributed by atoms with E-state index in [0.717, 1.165) is 0 Å². The summed E-state index contributed by atoms with van der Waals surface area (Å²) in [6.07, 6.45) is 3.98. The number of carboxylic acids is 1.